The third-order valence-electron chi connectivity index (χ3n) is 2.43. The van der Waals surface area contributed by atoms with E-state index in [2.05, 4.69) is 5.32 Å². The molecule has 18 heavy (non-hydrogen) atoms. The Morgan fingerprint density at radius 2 is 2.28 bits per heavy atom. The Morgan fingerprint density at radius 1 is 1.50 bits per heavy atom. The van der Waals surface area contributed by atoms with Crippen molar-refractivity contribution in [2.75, 3.05) is 33.9 Å². The van der Waals surface area contributed by atoms with Gasteiger partial charge in [0.15, 0.2) is 0 Å². The molecule has 0 aromatic heterocycles. The minimum absolute atomic E-state index is 0.0364. The van der Waals surface area contributed by atoms with Crippen molar-refractivity contribution in [3.8, 4) is 5.75 Å². The van der Waals surface area contributed by atoms with E-state index >= 15 is 0 Å². The molecule has 0 unspecified atom stereocenters. The first kappa shape index (κ1) is 14.5. The topological polar surface area (TPSA) is 61.8 Å². The van der Waals surface area contributed by atoms with Crippen molar-refractivity contribution in [3.63, 3.8) is 0 Å². The summed E-state index contributed by atoms with van der Waals surface area (Å²) in [6, 6.07) is 7.75. The zero-order chi connectivity index (χ0) is 13.4. The third kappa shape index (κ3) is 5.16. The summed E-state index contributed by atoms with van der Waals surface area (Å²) in [6.07, 6.45) is 0. The fourth-order valence-electron chi connectivity index (χ4n) is 1.63. The first-order chi connectivity index (χ1) is 8.65. The van der Waals surface area contributed by atoms with Gasteiger partial charge < -0.3 is 15.2 Å². The number of carbonyl (C=O) groups is 1. The number of ether oxygens (including phenoxy) is 1. The van der Waals surface area contributed by atoms with Gasteiger partial charge in [-0.1, -0.05) is 12.1 Å². The molecule has 0 saturated carbocycles. The van der Waals surface area contributed by atoms with Crippen LogP contribution in [0.4, 0.5) is 0 Å². The Balaban J connectivity index is 2.43. The van der Waals surface area contributed by atoms with Crippen LogP contribution in [0.15, 0.2) is 24.3 Å². The van der Waals surface area contributed by atoms with Crippen molar-refractivity contribution >= 4 is 5.91 Å². The predicted molar refractivity (Wildman–Crippen MR) is 69.4 cm³/mol. The maximum atomic E-state index is 11.4. The van der Waals surface area contributed by atoms with Gasteiger partial charge in [0, 0.05) is 13.1 Å². The molecule has 0 saturated heterocycles. The van der Waals surface area contributed by atoms with Crippen LogP contribution in [-0.4, -0.2) is 49.8 Å². The van der Waals surface area contributed by atoms with E-state index in [1.807, 2.05) is 36.2 Å². The molecule has 1 rings (SSSR count). The molecule has 0 bridgehead atoms. The van der Waals surface area contributed by atoms with Crippen LogP contribution in [0.3, 0.4) is 0 Å². The van der Waals surface area contributed by atoms with E-state index in [9.17, 15) is 4.79 Å². The average molecular weight is 252 g/mol. The molecule has 0 aliphatic heterocycles. The molecule has 0 atom stereocenters. The maximum Gasteiger partial charge on any atom is 0.234 e. The highest BCUT2D eigenvalue weighted by Crippen LogP contribution is 2.13. The summed E-state index contributed by atoms with van der Waals surface area (Å²) in [7, 11) is 3.50. The number of nitrogens with zero attached hydrogens (tertiary/aromatic N) is 1. The van der Waals surface area contributed by atoms with Crippen LogP contribution in [0, 0.1) is 0 Å². The van der Waals surface area contributed by atoms with E-state index < -0.39 is 0 Å². The summed E-state index contributed by atoms with van der Waals surface area (Å²) in [5.74, 6) is 0.722. The van der Waals surface area contributed by atoms with Crippen LogP contribution in [0.25, 0.3) is 0 Å². The SMILES string of the molecule is COc1cccc(CN(C)CC(=O)NCCO)c1. The van der Waals surface area contributed by atoms with Crippen LogP contribution in [0.1, 0.15) is 5.56 Å². The van der Waals surface area contributed by atoms with Crippen molar-refractivity contribution in [3.05, 3.63) is 29.8 Å². The number of methoxy groups -OCH3 is 1. The van der Waals surface area contributed by atoms with Crippen LogP contribution >= 0.6 is 0 Å². The number of nitrogens with one attached hydrogen (secondary N) is 1. The zero-order valence-corrected chi connectivity index (χ0v) is 10.8. The highest BCUT2D eigenvalue weighted by Gasteiger charge is 2.06. The molecule has 2 N–H and O–H groups in total. The Hall–Kier alpha value is -1.59. The second-order valence-corrected chi connectivity index (χ2v) is 4.10. The number of carbonyl (C=O) groups excluding carboxylic acids is 1. The first-order valence-electron chi connectivity index (χ1n) is 5.84. The predicted octanol–water partition coefficient (Wildman–Crippen LogP) is 0.235. The minimum Gasteiger partial charge on any atom is -0.497 e. The monoisotopic (exact) mass is 252 g/mol. The van der Waals surface area contributed by atoms with Crippen molar-refractivity contribution in [1.82, 2.24) is 10.2 Å². The van der Waals surface area contributed by atoms with Crippen molar-refractivity contribution < 1.29 is 14.6 Å². The van der Waals surface area contributed by atoms with E-state index in [1.165, 1.54) is 0 Å². The van der Waals surface area contributed by atoms with E-state index in [4.69, 9.17) is 9.84 Å². The summed E-state index contributed by atoms with van der Waals surface area (Å²) in [4.78, 5) is 13.3. The molecule has 0 aliphatic carbocycles. The van der Waals surface area contributed by atoms with Gasteiger partial charge in [-0.2, -0.15) is 0 Å². The Morgan fingerprint density at radius 3 is 2.94 bits per heavy atom. The second-order valence-electron chi connectivity index (χ2n) is 4.10. The van der Waals surface area contributed by atoms with E-state index in [0.29, 0.717) is 19.6 Å². The van der Waals surface area contributed by atoms with Crippen LogP contribution in [-0.2, 0) is 11.3 Å². The molecule has 5 nitrogen and oxygen atoms in total. The number of aliphatic hydroxyl groups is 1. The third-order valence-corrected chi connectivity index (χ3v) is 2.43. The molecular weight excluding hydrogens is 232 g/mol. The maximum absolute atomic E-state index is 11.4. The molecule has 0 fully saturated rings. The van der Waals surface area contributed by atoms with Crippen molar-refractivity contribution in [2.24, 2.45) is 0 Å². The van der Waals surface area contributed by atoms with Gasteiger partial charge in [0.2, 0.25) is 5.91 Å². The highest BCUT2D eigenvalue weighted by atomic mass is 16.5. The lowest BCUT2D eigenvalue weighted by atomic mass is 10.2. The average Bonchev–Trinajstić information content (AvgIpc) is 2.36. The lowest BCUT2D eigenvalue weighted by Crippen LogP contribution is -2.36. The largest absolute Gasteiger partial charge is 0.497 e. The highest BCUT2D eigenvalue weighted by molar-refractivity contribution is 5.77. The number of hydrogen-bond donors (Lipinski definition) is 2. The van der Waals surface area contributed by atoms with Crippen LogP contribution in [0.5, 0.6) is 5.75 Å². The lowest BCUT2D eigenvalue weighted by molar-refractivity contribution is -0.122. The van der Waals surface area contributed by atoms with Crippen molar-refractivity contribution in [1.29, 1.82) is 0 Å². The van der Waals surface area contributed by atoms with Gasteiger partial charge in [0.1, 0.15) is 5.75 Å². The molecule has 1 amide bonds. The summed E-state index contributed by atoms with van der Waals surface area (Å²) in [5.41, 5.74) is 1.09. The number of amides is 1. The molecule has 0 radical (unpaired) electrons. The number of hydrogen-bond acceptors (Lipinski definition) is 4. The van der Waals surface area contributed by atoms with Crippen LogP contribution in [0.2, 0.25) is 0 Å². The molecule has 0 aliphatic rings. The molecule has 1 aromatic rings. The Labute approximate surface area is 107 Å². The Bertz CT molecular complexity index is 382. The standard InChI is InChI=1S/C13H20N2O3/c1-15(10-13(17)14-6-7-16)9-11-4-3-5-12(8-11)18-2/h3-5,8,16H,6-7,9-10H2,1-2H3,(H,14,17). The summed E-state index contributed by atoms with van der Waals surface area (Å²) >= 11 is 0. The number of likely N-dealkylation sites (N-methyl/N-ethyl adjacent to an activating group) is 1. The molecular formula is C13H20N2O3. The molecule has 100 valence electrons. The van der Waals surface area contributed by atoms with E-state index in [-0.39, 0.29) is 12.5 Å². The van der Waals surface area contributed by atoms with Gasteiger partial charge in [0.05, 0.1) is 20.3 Å². The van der Waals surface area contributed by atoms with Gasteiger partial charge in [-0.05, 0) is 24.7 Å². The lowest BCUT2D eigenvalue weighted by Gasteiger charge is -2.16. The molecule has 1 aromatic carbocycles. The first-order valence-corrected chi connectivity index (χ1v) is 5.84. The smallest absolute Gasteiger partial charge is 0.234 e. The molecule has 5 heteroatoms. The summed E-state index contributed by atoms with van der Waals surface area (Å²) in [6.45, 7) is 1.23. The fraction of sp³-hybridized carbons (Fsp3) is 0.462. The zero-order valence-electron chi connectivity index (χ0n) is 10.8. The normalized spacial score (nSPS) is 10.4. The number of aliphatic hydroxyl groups excluding tert-OH is 1. The second kappa shape index (κ2) is 7.68. The van der Waals surface area contributed by atoms with E-state index in [1.54, 1.807) is 7.11 Å². The van der Waals surface area contributed by atoms with Gasteiger partial charge >= 0.3 is 0 Å². The van der Waals surface area contributed by atoms with E-state index in [0.717, 1.165) is 11.3 Å². The Kier molecular flexibility index (Phi) is 6.18. The number of rotatable bonds is 7. The number of benzene rings is 1. The van der Waals surface area contributed by atoms with Gasteiger partial charge in [-0.25, -0.2) is 0 Å². The summed E-state index contributed by atoms with van der Waals surface area (Å²) in [5, 5.41) is 11.2. The van der Waals surface area contributed by atoms with Gasteiger partial charge in [-0.15, -0.1) is 0 Å². The molecule has 0 heterocycles. The van der Waals surface area contributed by atoms with Gasteiger partial charge in [-0.3, -0.25) is 9.69 Å². The van der Waals surface area contributed by atoms with Gasteiger partial charge in [0.25, 0.3) is 0 Å². The van der Waals surface area contributed by atoms with Crippen LogP contribution < -0.4 is 10.1 Å². The summed E-state index contributed by atoms with van der Waals surface area (Å²) < 4.78 is 5.15. The minimum atomic E-state index is -0.0885. The van der Waals surface area contributed by atoms with Crippen molar-refractivity contribution in [2.45, 2.75) is 6.54 Å². The quantitative estimate of drug-likeness (QED) is 0.729. The molecule has 0 spiro atoms. The fourth-order valence-corrected chi connectivity index (χ4v) is 1.63.